The summed E-state index contributed by atoms with van der Waals surface area (Å²) in [5, 5.41) is 0. The number of nitrogens with zero attached hydrogens (tertiary/aromatic N) is 3. The summed E-state index contributed by atoms with van der Waals surface area (Å²) in [5.41, 5.74) is 0.938. The van der Waals surface area contributed by atoms with Crippen LogP contribution in [0.15, 0.2) is 24.3 Å². The molecule has 0 radical (unpaired) electrons. The Morgan fingerprint density at radius 3 is 2.30 bits per heavy atom. The molecule has 0 N–H and O–H groups in total. The summed E-state index contributed by atoms with van der Waals surface area (Å²) in [6.45, 7) is 4.99. The highest BCUT2D eigenvalue weighted by Gasteiger charge is 2.40. The molecule has 2 heterocycles. The second-order valence-electron chi connectivity index (χ2n) is 7.94. The van der Waals surface area contributed by atoms with E-state index in [4.69, 9.17) is 0 Å². The molecule has 2 aliphatic rings. The zero-order chi connectivity index (χ0) is 19.6. The van der Waals surface area contributed by atoms with Gasteiger partial charge < -0.3 is 14.7 Å². The monoisotopic (exact) mass is 375 g/mol. The van der Waals surface area contributed by atoms with Crippen molar-refractivity contribution >= 4 is 11.8 Å². The number of carbonyl (C=O) groups excluding carboxylic acids is 2. The highest BCUT2D eigenvalue weighted by atomic mass is 19.1. The smallest absolute Gasteiger partial charge is 0.229 e. The van der Waals surface area contributed by atoms with Crippen LogP contribution in [-0.2, 0) is 9.59 Å². The highest BCUT2D eigenvalue weighted by Crippen LogP contribution is 2.29. The van der Waals surface area contributed by atoms with Crippen LogP contribution in [0.3, 0.4) is 0 Å². The van der Waals surface area contributed by atoms with Gasteiger partial charge >= 0.3 is 0 Å². The molecule has 2 fully saturated rings. The summed E-state index contributed by atoms with van der Waals surface area (Å²) in [7, 11) is 3.89. The second-order valence-corrected chi connectivity index (χ2v) is 7.94. The maximum atomic E-state index is 13.2. The average Bonchev–Trinajstić information content (AvgIpc) is 2.63. The van der Waals surface area contributed by atoms with E-state index in [1.165, 1.54) is 12.1 Å². The molecule has 0 saturated carbocycles. The Hall–Kier alpha value is -1.95. The van der Waals surface area contributed by atoms with Gasteiger partial charge in [0, 0.05) is 26.1 Å². The highest BCUT2D eigenvalue weighted by molar-refractivity contribution is 5.85. The van der Waals surface area contributed by atoms with E-state index in [-0.39, 0.29) is 35.5 Å². The molecule has 0 bridgehead atoms. The Bertz CT molecular complexity index is 665. The van der Waals surface area contributed by atoms with Crippen LogP contribution in [0, 0.1) is 17.7 Å². The number of piperidine rings is 1. The number of hydrogen-bond acceptors (Lipinski definition) is 3. The van der Waals surface area contributed by atoms with E-state index in [1.807, 2.05) is 11.8 Å². The molecule has 1 atom stereocenters. The van der Waals surface area contributed by atoms with Crippen LogP contribution in [0.1, 0.15) is 37.8 Å². The van der Waals surface area contributed by atoms with Gasteiger partial charge in [-0.1, -0.05) is 19.1 Å². The van der Waals surface area contributed by atoms with Crippen LogP contribution in [0.4, 0.5) is 4.39 Å². The van der Waals surface area contributed by atoms with E-state index in [1.54, 1.807) is 24.1 Å². The standard InChI is InChI=1S/C21H30FN3O2/c1-4-19(15-5-7-18(22)8-6-15)24(3)20(26)17-13-25(14-17)21(27)16-9-11-23(2)12-10-16/h5-8,16-17,19H,4,9-14H2,1-3H3. The van der Waals surface area contributed by atoms with Gasteiger partial charge in [0.05, 0.1) is 12.0 Å². The fourth-order valence-electron chi connectivity index (χ4n) is 4.19. The van der Waals surface area contributed by atoms with Gasteiger partial charge in [-0.05, 0) is 57.1 Å². The van der Waals surface area contributed by atoms with Crippen LogP contribution >= 0.6 is 0 Å². The Morgan fingerprint density at radius 1 is 1.15 bits per heavy atom. The predicted molar refractivity (Wildman–Crippen MR) is 102 cm³/mol. The molecule has 27 heavy (non-hydrogen) atoms. The fraction of sp³-hybridized carbons (Fsp3) is 0.619. The molecule has 2 saturated heterocycles. The SMILES string of the molecule is CCC(c1ccc(F)cc1)N(C)C(=O)C1CN(C(=O)C2CCN(C)CC2)C1. The van der Waals surface area contributed by atoms with Crippen molar-refractivity contribution in [2.45, 2.75) is 32.2 Å². The Kier molecular flexibility index (Phi) is 6.15. The van der Waals surface area contributed by atoms with Crippen LogP contribution in [-0.4, -0.2) is 66.8 Å². The van der Waals surface area contributed by atoms with Gasteiger partial charge in [0.2, 0.25) is 11.8 Å². The molecular weight excluding hydrogens is 345 g/mol. The minimum atomic E-state index is -0.273. The molecular formula is C21H30FN3O2. The zero-order valence-electron chi connectivity index (χ0n) is 16.5. The van der Waals surface area contributed by atoms with Gasteiger partial charge in [0.25, 0.3) is 0 Å². The molecule has 5 nitrogen and oxygen atoms in total. The van der Waals surface area contributed by atoms with Crippen molar-refractivity contribution < 1.29 is 14.0 Å². The van der Waals surface area contributed by atoms with Gasteiger partial charge in [-0.2, -0.15) is 0 Å². The topological polar surface area (TPSA) is 43.9 Å². The van der Waals surface area contributed by atoms with Gasteiger partial charge in [-0.25, -0.2) is 4.39 Å². The largest absolute Gasteiger partial charge is 0.341 e. The summed E-state index contributed by atoms with van der Waals surface area (Å²) in [6, 6.07) is 6.27. The lowest BCUT2D eigenvalue weighted by Gasteiger charge is -2.43. The normalized spacial score (nSPS) is 20.2. The second kappa shape index (κ2) is 8.38. The average molecular weight is 375 g/mol. The van der Waals surface area contributed by atoms with Crippen molar-refractivity contribution in [2.24, 2.45) is 11.8 Å². The van der Waals surface area contributed by atoms with Gasteiger partial charge in [0.1, 0.15) is 5.82 Å². The summed E-state index contributed by atoms with van der Waals surface area (Å²) >= 11 is 0. The summed E-state index contributed by atoms with van der Waals surface area (Å²) in [5.74, 6) is -0.0130. The molecule has 0 spiro atoms. The molecule has 2 amide bonds. The third kappa shape index (κ3) is 4.32. The molecule has 1 unspecified atom stereocenters. The first-order valence-electron chi connectivity index (χ1n) is 9.90. The summed E-state index contributed by atoms with van der Waals surface area (Å²) < 4.78 is 13.2. The Balaban J connectivity index is 1.54. The van der Waals surface area contributed by atoms with E-state index >= 15 is 0 Å². The molecule has 0 aromatic heterocycles. The lowest BCUT2D eigenvalue weighted by atomic mass is 9.90. The number of carbonyl (C=O) groups is 2. The van der Waals surface area contributed by atoms with Crippen molar-refractivity contribution in [3.8, 4) is 0 Å². The Morgan fingerprint density at radius 2 is 1.74 bits per heavy atom. The first-order valence-corrected chi connectivity index (χ1v) is 9.90. The van der Waals surface area contributed by atoms with Crippen molar-refractivity contribution in [1.82, 2.24) is 14.7 Å². The summed E-state index contributed by atoms with van der Waals surface area (Å²) in [6.07, 6.45) is 2.58. The van der Waals surface area contributed by atoms with Crippen molar-refractivity contribution in [1.29, 1.82) is 0 Å². The zero-order valence-corrected chi connectivity index (χ0v) is 16.5. The third-order valence-corrected chi connectivity index (χ3v) is 6.07. The number of rotatable bonds is 5. The predicted octanol–water partition coefficient (Wildman–Crippen LogP) is 2.54. The van der Waals surface area contributed by atoms with Crippen LogP contribution in [0.5, 0.6) is 0 Å². The van der Waals surface area contributed by atoms with E-state index in [0.717, 1.165) is 37.9 Å². The number of halogens is 1. The number of likely N-dealkylation sites (tertiary alicyclic amines) is 2. The molecule has 1 aromatic carbocycles. The quantitative estimate of drug-likeness (QED) is 0.794. The molecule has 1 aromatic rings. The fourth-order valence-corrected chi connectivity index (χ4v) is 4.19. The lowest BCUT2D eigenvalue weighted by molar-refractivity contribution is -0.152. The van der Waals surface area contributed by atoms with Crippen LogP contribution < -0.4 is 0 Å². The van der Waals surface area contributed by atoms with Gasteiger partial charge in [-0.15, -0.1) is 0 Å². The molecule has 3 rings (SSSR count). The van der Waals surface area contributed by atoms with E-state index in [2.05, 4.69) is 11.9 Å². The minimum absolute atomic E-state index is 0.0682. The van der Waals surface area contributed by atoms with Crippen LogP contribution in [0.25, 0.3) is 0 Å². The number of hydrogen-bond donors (Lipinski definition) is 0. The third-order valence-electron chi connectivity index (χ3n) is 6.07. The minimum Gasteiger partial charge on any atom is -0.341 e. The molecule has 0 aliphatic carbocycles. The van der Waals surface area contributed by atoms with Crippen molar-refractivity contribution in [3.63, 3.8) is 0 Å². The van der Waals surface area contributed by atoms with Gasteiger partial charge in [0.15, 0.2) is 0 Å². The van der Waals surface area contributed by atoms with Crippen molar-refractivity contribution in [3.05, 3.63) is 35.6 Å². The van der Waals surface area contributed by atoms with E-state index < -0.39 is 0 Å². The summed E-state index contributed by atoms with van der Waals surface area (Å²) in [4.78, 5) is 31.3. The maximum Gasteiger partial charge on any atom is 0.229 e. The Labute approximate surface area is 161 Å². The molecule has 148 valence electrons. The maximum absolute atomic E-state index is 13.2. The van der Waals surface area contributed by atoms with E-state index in [0.29, 0.717) is 13.1 Å². The first kappa shape index (κ1) is 19.8. The first-order chi connectivity index (χ1) is 12.9. The van der Waals surface area contributed by atoms with Crippen molar-refractivity contribution in [2.75, 3.05) is 40.3 Å². The van der Waals surface area contributed by atoms with Crippen LogP contribution in [0.2, 0.25) is 0 Å². The lowest BCUT2D eigenvalue weighted by Crippen LogP contribution is -2.58. The molecule has 6 heteroatoms. The van der Waals surface area contributed by atoms with E-state index in [9.17, 15) is 14.0 Å². The molecule has 2 aliphatic heterocycles. The number of benzene rings is 1. The van der Waals surface area contributed by atoms with Gasteiger partial charge in [-0.3, -0.25) is 9.59 Å². The number of amides is 2.